The molecule has 100 valence electrons. The van der Waals surface area contributed by atoms with Crippen LogP contribution in [0, 0.1) is 0 Å². The fourth-order valence-corrected chi connectivity index (χ4v) is 2.40. The van der Waals surface area contributed by atoms with Crippen LogP contribution in [-0.2, 0) is 16.1 Å². The van der Waals surface area contributed by atoms with Gasteiger partial charge in [0.05, 0.1) is 18.8 Å². The van der Waals surface area contributed by atoms with Gasteiger partial charge in [0.1, 0.15) is 0 Å². The minimum absolute atomic E-state index is 0.207. The molecule has 3 nitrogen and oxygen atoms in total. The van der Waals surface area contributed by atoms with Crippen molar-refractivity contribution in [3.63, 3.8) is 0 Å². The Kier molecular flexibility index (Phi) is 5.17. The summed E-state index contributed by atoms with van der Waals surface area (Å²) in [4.78, 5) is 0. The molecule has 1 aromatic carbocycles. The Morgan fingerprint density at radius 1 is 1.17 bits per heavy atom. The summed E-state index contributed by atoms with van der Waals surface area (Å²) in [6, 6.07) is 10.8. The lowest BCUT2D eigenvalue weighted by molar-refractivity contribution is -0.149. The molecule has 0 spiro atoms. The van der Waals surface area contributed by atoms with Gasteiger partial charge in [0.2, 0.25) is 0 Å². The molecule has 18 heavy (non-hydrogen) atoms. The van der Waals surface area contributed by atoms with E-state index in [-0.39, 0.29) is 12.2 Å². The smallest absolute Gasteiger partial charge is 0.0990 e. The van der Waals surface area contributed by atoms with Gasteiger partial charge in [-0.2, -0.15) is 0 Å². The second-order valence-electron chi connectivity index (χ2n) is 4.65. The SMILES string of the molecule is CCNC1CC(OCc2ccccc2)C1OCC. The number of ether oxygens (including phenoxy) is 2. The van der Waals surface area contributed by atoms with Crippen LogP contribution in [0.1, 0.15) is 25.8 Å². The highest BCUT2D eigenvalue weighted by Crippen LogP contribution is 2.28. The number of likely N-dealkylation sites (N-methyl/N-ethyl adjacent to an activating group) is 1. The highest BCUT2D eigenvalue weighted by Gasteiger charge is 2.42. The normalized spacial score (nSPS) is 26.9. The van der Waals surface area contributed by atoms with Crippen LogP contribution in [0.3, 0.4) is 0 Å². The number of benzene rings is 1. The molecular formula is C15H23NO2. The molecule has 1 saturated carbocycles. The molecule has 1 N–H and O–H groups in total. The maximum atomic E-state index is 5.94. The molecule has 0 saturated heterocycles. The van der Waals surface area contributed by atoms with Crippen LogP contribution in [0.2, 0.25) is 0 Å². The van der Waals surface area contributed by atoms with E-state index >= 15 is 0 Å². The minimum atomic E-state index is 0.207. The molecule has 1 fully saturated rings. The average Bonchev–Trinajstić information content (AvgIpc) is 2.40. The van der Waals surface area contributed by atoms with E-state index in [0.29, 0.717) is 12.6 Å². The zero-order valence-corrected chi connectivity index (χ0v) is 11.3. The Morgan fingerprint density at radius 3 is 2.61 bits per heavy atom. The molecule has 0 aliphatic heterocycles. The molecule has 1 aliphatic rings. The third-order valence-corrected chi connectivity index (χ3v) is 3.38. The monoisotopic (exact) mass is 249 g/mol. The summed E-state index contributed by atoms with van der Waals surface area (Å²) in [5.41, 5.74) is 1.22. The molecular weight excluding hydrogens is 226 g/mol. The number of rotatable bonds is 7. The van der Waals surface area contributed by atoms with E-state index in [1.807, 2.05) is 25.1 Å². The third-order valence-electron chi connectivity index (χ3n) is 3.38. The first-order valence-electron chi connectivity index (χ1n) is 6.85. The first kappa shape index (κ1) is 13.5. The Hall–Kier alpha value is -0.900. The third kappa shape index (κ3) is 3.31. The van der Waals surface area contributed by atoms with Crippen LogP contribution in [0.15, 0.2) is 30.3 Å². The van der Waals surface area contributed by atoms with Gasteiger partial charge in [-0.15, -0.1) is 0 Å². The maximum Gasteiger partial charge on any atom is 0.0990 e. The number of hydrogen-bond acceptors (Lipinski definition) is 3. The van der Waals surface area contributed by atoms with Crippen LogP contribution in [0.4, 0.5) is 0 Å². The zero-order chi connectivity index (χ0) is 12.8. The Morgan fingerprint density at radius 2 is 1.94 bits per heavy atom. The molecule has 2 rings (SSSR count). The van der Waals surface area contributed by atoms with E-state index in [1.54, 1.807) is 0 Å². The second-order valence-corrected chi connectivity index (χ2v) is 4.65. The second kappa shape index (κ2) is 6.88. The van der Waals surface area contributed by atoms with Crippen LogP contribution < -0.4 is 5.32 Å². The fourth-order valence-electron chi connectivity index (χ4n) is 2.40. The lowest BCUT2D eigenvalue weighted by Crippen LogP contribution is -2.60. The van der Waals surface area contributed by atoms with Crippen molar-refractivity contribution in [2.45, 2.75) is 45.1 Å². The van der Waals surface area contributed by atoms with Crippen LogP contribution in [0.5, 0.6) is 0 Å². The van der Waals surface area contributed by atoms with Crippen LogP contribution >= 0.6 is 0 Å². The highest BCUT2D eigenvalue weighted by atomic mass is 16.5. The maximum absolute atomic E-state index is 5.94. The highest BCUT2D eigenvalue weighted by molar-refractivity contribution is 5.13. The van der Waals surface area contributed by atoms with Crippen molar-refractivity contribution >= 4 is 0 Å². The minimum Gasteiger partial charge on any atom is -0.374 e. The van der Waals surface area contributed by atoms with Gasteiger partial charge in [0.15, 0.2) is 0 Å². The molecule has 3 unspecified atom stereocenters. The van der Waals surface area contributed by atoms with E-state index < -0.39 is 0 Å². The summed E-state index contributed by atoms with van der Waals surface area (Å²) in [6.45, 7) is 6.57. The summed E-state index contributed by atoms with van der Waals surface area (Å²) in [6.07, 6.45) is 1.48. The first-order chi connectivity index (χ1) is 8.85. The van der Waals surface area contributed by atoms with Gasteiger partial charge in [-0.25, -0.2) is 0 Å². The van der Waals surface area contributed by atoms with Crippen molar-refractivity contribution < 1.29 is 9.47 Å². The van der Waals surface area contributed by atoms with E-state index in [9.17, 15) is 0 Å². The van der Waals surface area contributed by atoms with Gasteiger partial charge < -0.3 is 14.8 Å². The van der Waals surface area contributed by atoms with Gasteiger partial charge in [0, 0.05) is 12.6 Å². The summed E-state index contributed by atoms with van der Waals surface area (Å²) in [7, 11) is 0. The lowest BCUT2D eigenvalue weighted by Gasteiger charge is -2.44. The predicted octanol–water partition coefficient (Wildman–Crippen LogP) is 2.36. The largest absolute Gasteiger partial charge is 0.374 e. The molecule has 0 amide bonds. The summed E-state index contributed by atoms with van der Waals surface area (Å²) >= 11 is 0. The van der Waals surface area contributed by atoms with Crippen molar-refractivity contribution in [2.24, 2.45) is 0 Å². The molecule has 0 heterocycles. The van der Waals surface area contributed by atoms with E-state index in [1.165, 1.54) is 5.56 Å². The standard InChI is InChI=1S/C15H23NO2/c1-3-16-13-10-14(15(13)17-4-2)18-11-12-8-6-5-7-9-12/h5-9,13-16H,3-4,10-11H2,1-2H3. The Labute approximate surface area is 109 Å². The van der Waals surface area contributed by atoms with Gasteiger partial charge >= 0.3 is 0 Å². The van der Waals surface area contributed by atoms with Crippen molar-refractivity contribution in [1.82, 2.24) is 5.32 Å². The van der Waals surface area contributed by atoms with E-state index in [2.05, 4.69) is 24.4 Å². The number of hydrogen-bond donors (Lipinski definition) is 1. The van der Waals surface area contributed by atoms with Crippen molar-refractivity contribution in [3.05, 3.63) is 35.9 Å². The van der Waals surface area contributed by atoms with E-state index in [0.717, 1.165) is 19.6 Å². The zero-order valence-electron chi connectivity index (χ0n) is 11.3. The number of nitrogens with one attached hydrogen (secondary N) is 1. The fraction of sp³-hybridized carbons (Fsp3) is 0.600. The molecule has 3 heteroatoms. The van der Waals surface area contributed by atoms with Crippen molar-refractivity contribution in [3.8, 4) is 0 Å². The topological polar surface area (TPSA) is 30.5 Å². The summed E-state index contributed by atoms with van der Waals surface area (Å²) < 4.78 is 11.7. The molecule has 0 radical (unpaired) electrons. The van der Waals surface area contributed by atoms with Gasteiger partial charge in [-0.3, -0.25) is 0 Å². The molecule has 0 bridgehead atoms. The Bertz CT molecular complexity index is 342. The molecule has 1 aliphatic carbocycles. The van der Waals surface area contributed by atoms with Gasteiger partial charge in [-0.05, 0) is 25.5 Å². The predicted molar refractivity (Wildman–Crippen MR) is 72.5 cm³/mol. The Balaban J connectivity index is 1.79. The molecule has 0 aromatic heterocycles. The van der Waals surface area contributed by atoms with Crippen LogP contribution in [0.25, 0.3) is 0 Å². The molecule has 3 atom stereocenters. The first-order valence-corrected chi connectivity index (χ1v) is 6.85. The molecule has 1 aromatic rings. The van der Waals surface area contributed by atoms with Crippen molar-refractivity contribution in [1.29, 1.82) is 0 Å². The van der Waals surface area contributed by atoms with Crippen LogP contribution in [-0.4, -0.2) is 31.4 Å². The van der Waals surface area contributed by atoms with E-state index in [4.69, 9.17) is 9.47 Å². The van der Waals surface area contributed by atoms with Crippen molar-refractivity contribution in [2.75, 3.05) is 13.2 Å². The lowest BCUT2D eigenvalue weighted by atomic mass is 9.85. The summed E-state index contributed by atoms with van der Waals surface area (Å²) in [5, 5.41) is 3.44. The quantitative estimate of drug-likeness (QED) is 0.804. The average molecular weight is 249 g/mol. The summed E-state index contributed by atoms with van der Waals surface area (Å²) in [5.74, 6) is 0. The van der Waals surface area contributed by atoms with Gasteiger partial charge in [-0.1, -0.05) is 37.3 Å². The van der Waals surface area contributed by atoms with Gasteiger partial charge in [0.25, 0.3) is 0 Å².